The summed E-state index contributed by atoms with van der Waals surface area (Å²) in [7, 11) is 0. The molecule has 0 aromatic heterocycles. The molecule has 3 nitrogen and oxygen atoms in total. The highest BCUT2D eigenvalue weighted by molar-refractivity contribution is 5.68. The average molecular weight is 209 g/mol. The first kappa shape index (κ1) is 10.5. The van der Waals surface area contributed by atoms with Crippen molar-refractivity contribution in [2.45, 2.75) is 45.3 Å². The summed E-state index contributed by atoms with van der Waals surface area (Å²) in [6.07, 6.45) is 6.46. The predicted molar refractivity (Wildman–Crippen MR) is 58.5 cm³/mol. The van der Waals surface area contributed by atoms with E-state index in [9.17, 15) is 4.79 Å². The van der Waals surface area contributed by atoms with Crippen LogP contribution in [0.5, 0.6) is 0 Å². The van der Waals surface area contributed by atoms with Gasteiger partial charge in [0.05, 0.1) is 0 Å². The SMILES string of the molecule is CC(C)(C)OC(=O)N[C@@H]1C[C@H]2C=C[C@H]1C2. The smallest absolute Gasteiger partial charge is 0.407 e. The van der Waals surface area contributed by atoms with Crippen molar-refractivity contribution < 1.29 is 9.53 Å². The van der Waals surface area contributed by atoms with Crippen LogP contribution >= 0.6 is 0 Å². The van der Waals surface area contributed by atoms with E-state index in [2.05, 4.69) is 17.5 Å². The Labute approximate surface area is 90.9 Å². The van der Waals surface area contributed by atoms with E-state index in [1.165, 1.54) is 6.42 Å². The number of amides is 1. The first-order chi connectivity index (χ1) is 6.94. The molecule has 0 aliphatic heterocycles. The minimum Gasteiger partial charge on any atom is -0.444 e. The molecule has 84 valence electrons. The topological polar surface area (TPSA) is 38.3 Å². The number of carbonyl (C=O) groups excluding carboxylic acids is 1. The van der Waals surface area contributed by atoms with Crippen LogP contribution in [0, 0.1) is 11.8 Å². The van der Waals surface area contributed by atoms with Crippen molar-refractivity contribution in [1.29, 1.82) is 0 Å². The number of hydrogen-bond acceptors (Lipinski definition) is 2. The molecular formula is C12H19NO2. The summed E-state index contributed by atoms with van der Waals surface area (Å²) in [4.78, 5) is 11.5. The summed E-state index contributed by atoms with van der Waals surface area (Å²) in [5.41, 5.74) is -0.405. The third kappa shape index (κ3) is 2.52. The van der Waals surface area contributed by atoms with E-state index in [0.717, 1.165) is 6.42 Å². The first-order valence-electron chi connectivity index (χ1n) is 5.62. The van der Waals surface area contributed by atoms with Crippen LogP contribution in [0.1, 0.15) is 33.6 Å². The van der Waals surface area contributed by atoms with Gasteiger partial charge in [0.15, 0.2) is 0 Å². The number of alkyl carbamates (subject to hydrolysis) is 1. The summed E-state index contributed by atoms with van der Waals surface area (Å²) < 4.78 is 5.23. The Balaban J connectivity index is 1.83. The monoisotopic (exact) mass is 209 g/mol. The number of ether oxygens (including phenoxy) is 1. The van der Waals surface area contributed by atoms with Gasteiger partial charge < -0.3 is 10.1 Å². The fraction of sp³-hybridized carbons (Fsp3) is 0.750. The Hall–Kier alpha value is -0.990. The average Bonchev–Trinajstić information content (AvgIpc) is 2.60. The molecule has 0 radical (unpaired) electrons. The number of carbonyl (C=O) groups is 1. The third-order valence-corrected chi connectivity index (χ3v) is 2.98. The van der Waals surface area contributed by atoms with Gasteiger partial charge in [-0.25, -0.2) is 4.79 Å². The molecule has 0 heterocycles. The van der Waals surface area contributed by atoms with E-state index in [1.54, 1.807) is 0 Å². The minimum atomic E-state index is -0.405. The van der Waals surface area contributed by atoms with Crippen molar-refractivity contribution in [2.75, 3.05) is 0 Å². The zero-order chi connectivity index (χ0) is 11.1. The van der Waals surface area contributed by atoms with Gasteiger partial charge in [0.2, 0.25) is 0 Å². The molecule has 2 aliphatic carbocycles. The van der Waals surface area contributed by atoms with Gasteiger partial charge in [-0.05, 0) is 45.4 Å². The van der Waals surface area contributed by atoms with Crippen LogP contribution in [-0.4, -0.2) is 17.7 Å². The van der Waals surface area contributed by atoms with Gasteiger partial charge in [-0.15, -0.1) is 0 Å². The van der Waals surface area contributed by atoms with E-state index in [1.807, 2.05) is 20.8 Å². The molecule has 3 atom stereocenters. The number of allylic oxidation sites excluding steroid dienone is 1. The number of rotatable bonds is 1. The third-order valence-electron chi connectivity index (χ3n) is 2.98. The van der Waals surface area contributed by atoms with Crippen molar-refractivity contribution >= 4 is 6.09 Å². The molecule has 0 saturated heterocycles. The number of nitrogens with one attached hydrogen (secondary N) is 1. The Morgan fingerprint density at radius 3 is 2.53 bits per heavy atom. The predicted octanol–water partition coefficient (Wildman–Crippen LogP) is 2.48. The van der Waals surface area contributed by atoms with Crippen molar-refractivity contribution in [3.8, 4) is 0 Å². The Morgan fingerprint density at radius 1 is 1.33 bits per heavy atom. The highest BCUT2D eigenvalue weighted by Gasteiger charge is 2.37. The lowest BCUT2D eigenvalue weighted by molar-refractivity contribution is 0.0497. The fourth-order valence-corrected chi connectivity index (χ4v) is 2.41. The molecule has 2 aliphatic rings. The molecular weight excluding hydrogens is 190 g/mol. The van der Waals surface area contributed by atoms with E-state index in [4.69, 9.17) is 4.74 Å². The second-order valence-electron chi connectivity index (χ2n) is 5.53. The molecule has 2 rings (SSSR count). The highest BCUT2D eigenvalue weighted by atomic mass is 16.6. The van der Waals surface area contributed by atoms with E-state index in [-0.39, 0.29) is 12.1 Å². The summed E-state index contributed by atoms with van der Waals surface area (Å²) in [6.45, 7) is 5.65. The van der Waals surface area contributed by atoms with Gasteiger partial charge in [-0.2, -0.15) is 0 Å². The van der Waals surface area contributed by atoms with E-state index < -0.39 is 5.60 Å². The largest absolute Gasteiger partial charge is 0.444 e. The molecule has 15 heavy (non-hydrogen) atoms. The van der Waals surface area contributed by atoms with Crippen molar-refractivity contribution in [2.24, 2.45) is 11.8 Å². The first-order valence-corrected chi connectivity index (χ1v) is 5.62. The molecule has 0 spiro atoms. The molecule has 0 unspecified atom stereocenters. The number of hydrogen-bond donors (Lipinski definition) is 1. The zero-order valence-electron chi connectivity index (χ0n) is 9.62. The maximum absolute atomic E-state index is 11.5. The summed E-state index contributed by atoms with van der Waals surface area (Å²) in [6, 6.07) is 0.287. The summed E-state index contributed by atoms with van der Waals surface area (Å²) in [5.74, 6) is 1.21. The quantitative estimate of drug-likeness (QED) is 0.674. The second-order valence-corrected chi connectivity index (χ2v) is 5.53. The summed E-state index contributed by atoms with van der Waals surface area (Å²) in [5, 5.41) is 2.95. The second kappa shape index (κ2) is 3.54. The summed E-state index contributed by atoms with van der Waals surface area (Å²) >= 11 is 0. The lowest BCUT2D eigenvalue weighted by Crippen LogP contribution is -2.41. The van der Waals surface area contributed by atoms with Gasteiger partial charge in [-0.1, -0.05) is 12.2 Å². The van der Waals surface area contributed by atoms with Crippen LogP contribution < -0.4 is 5.32 Å². The molecule has 0 aromatic rings. The minimum absolute atomic E-state index is 0.284. The normalized spacial score (nSPS) is 33.1. The van der Waals surface area contributed by atoms with Gasteiger partial charge in [0, 0.05) is 6.04 Å². The van der Waals surface area contributed by atoms with E-state index in [0.29, 0.717) is 11.8 Å². The highest BCUT2D eigenvalue weighted by Crippen LogP contribution is 2.38. The van der Waals surface area contributed by atoms with Crippen molar-refractivity contribution in [1.82, 2.24) is 5.32 Å². The van der Waals surface area contributed by atoms with Crippen molar-refractivity contribution in [3.05, 3.63) is 12.2 Å². The molecule has 2 bridgehead atoms. The van der Waals surface area contributed by atoms with Crippen LogP contribution in [0.25, 0.3) is 0 Å². The van der Waals surface area contributed by atoms with Crippen LogP contribution in [0.15, 0.2) is 12.2 Å². The lowest BCUT2D eigenvalue weighted by atomic mass is 10.0. The van der Waals surface area contributed by atoms with Gasteiger partial charge in [0.25, 0.3) is 0 Å². The molecule has 0 aromatic carbocycles. The Kier molecular flexibility index (Phi) is 2.49. The Morgan fingerprint density at radius 2 is 2.07 bits per heavy atom. The standard InChI is InChI=1S/C12H19NO2/c1-12(2,3)15-11(14)13-10-7-8-4-5-9(10)6-8/h4-5,8-10H,6-7H2,1-3H3,(H,13,14)/t8-,9-,10+/m0/s1. The fourth-order valence-electron chi connectivity index (χ4n) is 2.41. The zero-order valence-corrected chi connectivity index (χ0v) is 9.62. The Bertz CT molecular complexity index is 290. The van der Waals surface area contributed by atoms with Crippen LogP contribution in [-0.2, 0) is 4.74 Å². The van der Waals surface area contributed by atoms with Gasteiger partial charge in [-0.3, -0.25) is 0 Å². The molecule has 3 heteroatoms. The molecule has 1 N–H and O–H groups in total. The van der Waals surface area contributed by atoms with Gasteiger partial charge in [0.1, 0.15) is 5.60 Å². The van der Waals surface area contributed by atoms with Gasteiger partial charge >= 0.3 is 6.09 Å². The molecule has 1 fully saturated rings. The lowest BCUT2D eigenvalue weighted by Gasteiger charge is -2.24. The maximum atomic E-state index is 11.5. The van der Waals surface area contributed by atoms with E-state index >= 15 is 0 Å². The molecule has 1 amide bonds. The molecule has 1 saturated carbocycles. The van der Waals surface area contributed by atoms with Crippen LogP contribution in [0.2, 0.25) is 0 Å². The maximum Gasteiger partial charge on any atom is 0.407 e. The van der Waals surface area contributed by atoms with Crippen LogP contribution in [0.4, 0.5) is 4.79 Å². The van der Waals surface area contributed by atoms with Crippen molar-refractivity contribution in [3.63, 3.8) is 0 Å². The number of fused-ring (bicyclic) bond motifs is 2. The van der Waals surface area contributed by atoms with Crippen LogP contribution in [0.3, 0.4) is 0 Å².